The normalized spacial score (nSPS) is 21.6. The van der Waals surface area contributed by atoms with Crippen molar-refractivity contribution in [3.8, 4) is 11.5 Å². The minimum absolute atomic E-state index is 0.0138. The molecule has 0 aliphatic carbocycles. The summed E-state index contributed by atoms with van der Waals surface area (Å²) in [4.78, 5) is 35.7. The molecular formula is C26H28F2N4O4. The lowest BCUT2D eigenvalue weighted by Gasteiger charge is -2.42. The van der Waals surface area contributed by atoms with Gasteiger partial charge in [0.1, 0.15) is 23.1 Å². The number of alkyl halides is 2. The molecule has 8 nitrogen and oxygen atoms in total. The SMILES string of the molecule is CN(C)CCCN1C(=O)N2C(c3cccc(O)c3)c3[nH]c4ccc(OC(F)F)cc4c3C[C@@]2(C)C1=O. The summed E-state index contributed by atoms with van der Waals surface area (Å²) in [7, 11) is 3.86. The number of aromatic nitrogens is 1. The van der Waals surface area contributed by atoms with Crippen LogP contribution in [0.1, 0.15) is 36.2 Å². The lowest BCUT2D eigenvalue weighted by molar-refractivity contribution is -0.133. The number of H-pyrrole nitrogens is 1. The second-order valence-electron chi connectivity index (χ2n) is 9.82. The van der Waals surface area contributed by atoms with E-state index in [1.54, 1.807) is 36.1 Å². The van der Waals surface area contributed by atoms with Gasteiger partial charge in [-0.15, -0.1) is 0 Å². The smallest absolute Gasteiger partial charge is 0.387 e. The number of phenols is 1. The van der Waals surface area contributed by atoms with E-state index in [4.69, 9.17) is 0 Å². The Morgan fingerprint density at radius 1 is 1.22 bits per heavy atom. The molecule has 0 saturated carbocycles. The number of fused-ring (bicyclic) bond motifs is 4. The van der Waals surface area contributed by atoms with E-state index in [1.165, 1.54) is 23.1 Å². The van der Waals surface area contributed by atoms with Crippen molar-refractivity contribution in [2.75, 3.05) is 27.2 Å². The zero-order valence-corrected chi connectivity index (χ0v) is 20.3. The fourth-order valence-electron chi connectivity index (χ4n) is 5.45. The standard InChI is InChI=1S/C26H28F2N4O4/c1-26-14-19-18-13-17(36-24(27)28)8-9-20(18)29-21(19)22(15-6-4-7-16(33)12-15)32(26)25(35)31(23(26)34)11-5-10-30(2)3/h4,6-9,12-13,22,24,29,33H,5,10-11,14H2,1-3H3/t22?,26-/m0/s1. The maximum absolute atomic E-state index is 13.7. The summed E-state index contributed by atoms with van der Waals surface area (Å²) in [5.74, 6) is -0.248. The van der Waals surface area contributed by atoms with Crippen LogP contribution in [0.5, 0.6) is 11.5 Å². The first kappa shape index (κ1) is 24.1. The van der Waals surface area contributed by atoms with Gasteiger partial charge in [-0.05, 0) is 75.4 Å². The average Bonchev–Trinajstić information content (AvgIpc) is 3.24. The number of ether oxygens (including phenoxy) is 1. The van der Waals surface area contributed by atoms with E-state index in [1.807, 2.05) is 19.0 Å². The number of hydrogen-bond donors (Lipinski definition) is 2. The van der Waals surface area contributed by atoms with Crippen LogP contribution in [0.15, 0.2) is 42.5 Å². The van der Waals surface area contributed by atoms with Crippen LogP contribution in [-0.2, 0) is 11.2 Å². The number of carbonyl (C=O) groups excluding carboxylic acids is 2. The third kappa shape index (κ3) is 3.85. The van der Waals surface area contributed by atoms with Gasteiger partial charge in [-0.1, -0.05) is 12.1 Å². The van der Waals surface area contributed by atoms with E-state index < -0.39 is 18.2 Å². The zero-order valence-electron chi connectivity index (χ0n) is 20.3. The number of benzene rings is 2. The van der Waals surface area contributed by atoms with Crippen LogP contribution >= 0.6 is 0 Å². The summed E-state index contributed by atoms with van der Waals surface area (Å²) < 4.78 is 30.4. The lowest BCUT2D eigenvalue weighted by atomic mass is 9.81. The van der Waals surface area contributed by atoms with Gasteiger partial charge in [0.2, 0.25) is 0 Å². The van der Waals surface area contributed by atoms with E-state index >= 15 is 0 Å². The number of carbonyl (C=O) groups is 2. The number of nitrogens with zero attached hydrogens (tertiary/aromatic N) is 3. The minimum atomic E-state index is -2.96. The number of phenolic OH excluding ortho intramolecular Hbond substituents is 1. The van der Waals surface area contributed by atoms with Crippen molar-refractivity contribution in [1.29, 1.82) is 0 Å². The van der Waals surface area contributed by atoms with E-state index in [0.717, 1.165) is 12.1 Å². The first-order valence-corrected chi connectivity index (χ1v) is 11.8. The molecule has 5 rings (SSSR count). The number of nitrogens with one attached hydrogen (secondary N) is 1. The van der Waals surface area contributed by atoms with Crippen LogP contribution in [-0.4, -0.2) is 76.1 Å². The zero-order chi connectivity index (χ0) is 25.8. The van der Waals surface area contributed by atoms with E-state index in [-0.39, 0.29) is 36.4 Å². The van der Waals surface area contributed by atoms with Crippen LogP contribution in [0, 0.1) is 0 Å². The molecule has 3 aromatic rings. The highest BCUT2D eigenvalue weighted by Gasteiger charge is 2.60. The molecule has 3 amide bonds. The van der Waals surface area contributed by atoms with Crippen molar-refractivity contribution in [2.24, 2.45) is 0 Å². The van der Waals surface area contributed by atoms with Crippen LogP contribution in [0.3, 0.4) is 0 Å². The first-order valence-electron chi connectivity index (χ1n) is 11.8. The molecule has 2 atom stereocenters. The summed E-state index contributed by atoms with van der Waals surface area (Å²) in [6.45, 7) is -0.207. The third-order valence-corrected chi connectivity index (χ3v) is 7.04. The second kappa shape index (κ2) is 8.77. The van der Waals surface area contributed by atoms with Gasteiger partial charge in [-0.25, -0.2) is 4.79 Å². The quantitative estimate of drug-likeness (QED) is 0.479. The van der Waals surface area contributed by atoms with Gasteiger partial charge in [0.25, 0.3) is 5.91 Å². The Hall–Kier alpha value is -3.66. The third-order valence-electron chi connectivity index (χ3n) is 7.04. The van der Waals surface area contributed by atoms with Crippen molar-refractivity contribution in [3.63, 3.8) is 0 Å². The van der Waals surface area contributed by atoms with Gasteiger partial charge in [0, 0.05) is 29.6 Å². The Morgan fingerprint density at radius 2 is 2.00 bits per heavy atom. The van der Waals surface area contributed by atoms with E-state index in [0.29, 0.717) is 28.6 Å². The molecule has 1 saturated heterocycles. The van der Waals surface area contributed by atoms with Crippen molar-refractivity contribution in [3.05, 3.63) is 59.3 Å². The fourth-order valence-corrected chi connectivity index (χ4v) is 5.45. The van der Waals surface area contributed by atoms with E-state index in [9.17, 15) is 23.5 Å². The summed E-state index contributed by atoms with van der Waals surface area (Å²) in [5, 5.41) is 10.9. The number of aromatic hydroxyl groups is 1. The molecule has 36 heavy (non-hydrogen) atoms. The number of urea groups is 1. The van der Waals surface area contributed by atoms with Gasteiger partial charge < -0.3 is 19.7 Å². The Labute approximate surface area is 207 Å². The van der Waals surface area contributed by atoms with Crippen LogP contribution in [0.25, 0.3) is 10.9 Å². The summed E-state index contributed by atoms with van der Waals surface area (Å²) in [5.41, 5.74) is 1.56. The molecule has 2 aliphatic rings. The molecule has 10 heteroatoms. The molecule has 2 N–H and O–H groups in total. The Morgan fingerprint density at radius 3 is 2.69 bits per heavy atom. The van der Waals surface area contributed by atoms with Gasteiger partial charge in [-0.3, -0.25) is 14.6 Å². The molecule has 190 valence electrons. The van der Waals surface area contributed by atoms with Gasteiger partial charge in [-0.2, -0.15) is 8.78 Å². The topological polar surface area (TPSA) is 89.1 Å². The van der Waals surface area contributed by atoms with Crippen LogP contribution in [0.4, 0.5) is 13.6 Å². The van der Waals surface area contributed by atoms with E-state index in [2.05, 4.69) is 9.72 Å². The van der Waals surface area contributed by atoms with Crippen LogP contribution in [0.2, 0.25) is 0 Å². The predicted octanol–water partition coefficient (Wildman–Crippen LogP) is 4.10. The first-order chi connectivity index (χ1) is 17.1. The Balaban J connectivity index is 1.65. The second-order valence-corrected chi connectivity index (χ2v) is 9.82. The lowest BCUT2D eigenvalue weighted by Crippen LogP contribution is -2.53. The maximum atomic E-state index is 13.7. The molecular weight excluding hydrogens is 470 g/mol. The largest absolute Gasteiger partial charge is 0.508 e. The van der Waals surface area contributed by atoms with Crippen molar-refractivity contribution in [2.45, 2.75) is 38.0 Å². The molecule has 2 aromatic carbocycles. The molecule has 0 spiro atoms. The van der Waals surface area contributed by atoms with Crippen molar-refractivity contribution in [1.82, 2.24) is 19.7 Å². The number of aromatic amines is 1. The van der Waals surface area contributed by atoms with Crippen LogP contribution < -0.4 is 4.74 Å². The van der Waals surface area contributed by atoms with Crippen molar-refractivity contribution < 1.29 is 28.2 Å². The predicted molar refractivity (Wildman–Crippen MR) is 129 cm³/mol. The molecule has 1 fully saturated rings. The molecule has 1 aromatic heterocycles. The molecule has 2 aliphatic heterocycles. The van der Waals surface area contributed by atoms with Gasteiger partial charge in [0.15, 0.2) is 0 Å². The summed E-state index contributed by atoms with van der Waals surface area (Å²) in [6.07, 6.45) is 0.846. The molecule has 0 bridgehead atoms. The molecule has 1 unspecified atom stereocenters. The maximum Gasteiger partial charge on any atom is 0.387 e. The number of hydrogen-bond acceptors (Lipinski definition) is 5. The average molecular weight is 499 g/mol. The molecule has 0 radical (unpaired) electrons. The highest BCUT2D eigenvalue weighted by Crippen LogP contribution is 2.49. The fraction of sp³-hybridized carbons (Fsp3) is 0.385. The summed E-state index contributed by atoms with van der Waals surface area (Å²) in [6, 6.07) is 10.1. The monoisotopic (exact) mass is 498 g/mol. The summed E-state index contributed by atoms with van der Waals surface area (Å²) >= 11 is 0. The van der Waals surface area contributed by atoms with Gasteiger partial charge >= 0.3 is 12.6 Å². The number of rotatable bonds is 7. The minimum Gasteiger partial charge on any atom is -0.508 e. The number of halogens is 2. The van der Waals surface area contributed by atoms with Gasteiger partial charge in [0.05, 0.1) is 0 Å². The number of imide groups is 1. The van der Waals surface area contributed by atoms with Crippen molar-refractivity contribution >= 4 is 22.8 Å². The Kier molecular flexibility index (Phi) is 5.86. The molecule has 3 heterocycles. The highest BCUT2D eigenvalue weighted by molar-refractivity contribution is 6.08. The highest BCUT2D eigenvalue weighted by atomic mass is 19.3. The Bertz CT molecular complexity index is 1340. The number of amides is 3.